The third-order valence-electron chi connectivity index (χ3n) is 4.34. The summed E-state index contributed by atoms with van der Waals surface area (Å²) in [5.74, 6) is 1.61. The van der Waals surface area contributed by atoms with Gasteiger partial charge >= 0.3 is 0 Å². The summed E-state index contributed by atoms with van der Waals surface area (Å²) in [5.41, 5.74) is 2.78. The van der Waals surface area contributed by atoms with Gasteiger partial charge in [0.1, 0.15) is 0 Å². The normalized spacial score (nSPS) is 19.6. The molecule has 21 heavy (non-hydrogen) atoms. The van der Waals surface area contributed by atoms with Gasteiger partial charge in [-0.2, -0.15) is 0 Å². The van der Waals surface area contributed by atoms with Crippen LogP contribution in [0.15, 0.2) is 22.7 Å². The van der Waals surface area contributed by atoms with Crippen molar-refractivity contribution < 1.29 is 0 Å². The number of nitrogens with one attached hydrogen (secondary N) is 1. The van der Waals surface area contributed by atoms with Gasteiger partial charge in [-0.3, -0.25) is 4.90 Å². The van der Waals surface area contributed by atoms with E-state index in [1.54, 1.807) is 0 Å². The second-order valence-electron chi connectivity index (χ2n) is 6.75. The van der Waals surface area contributed by atoms with E-state index >= 15 is 0 Å². The maximum atomic E-state index is 3.75. The van der Waals surface area contributed by atoms with Crippen LogP contribution < -0.4 is 5.32 Å². The van der Waals surface area contributed by atoms with Crippen LogP contribution in [0.3, 0.4) is 0 Å². The molecule has 0 aliphatic carbocycles. The van der Waals surface area contributed by atoms with Crippen LogP contribution in [-0.2, 0) is 13.1 Å². The molecule has 2 nitrogen and oxygen atoms in total. The highest BCUT2D eigenvalue weighted by Gasteiger charge is 2.21. The minimum atomic E-state index is 0.703. The fourth-order valence-corrected chi connectivity index (χ4v) is 3.52. The molecule has 1 atom stereocenters. The number of halogens is 1. The molecule has 1 aromatic carbocycles. The minimum absolute atomic E-state index is 0.703. The number of nitrogens with zero attached hydrogens (tertiary/aromatic N) is 1. The van der Waals surface area contributed by atoms with Crippen molar-refractivity contribution in [3.05, 3.63) is 33.8 Å². The molecule has 1 fully saturated rings. The third kappa shape index (κ3) is 5.39. The van der Waals surface area contributed by atoms with E-state index in [4.69, 9.17) is 0 Å². The first kappa shape index (κ1) is 17.0. The molecule has 1 saturated heterocycles. The van der Waals surface area contributed by atoms with Gasteiger partial charge in [0.2, 0.25) is 0 Å². The molecule has 0 radical (unpaired) electrons. The van der Waals surface area contributed by atoms with Gasteiger partial charge in [0.05, 0.1) is 0 Å². The van der Waals surface area contributed by atoms with Gasteiger partial charge in [-0.1, -0.05) is 55.3 Å². The molecule has 0 amide bonds. The van der Waals surface area contributed by atoms with E-state index in [9.17, 15) is 0 Å². The Bertz CT molecular complexity index is 445. The zero-order valence-electron chi connectivity index (χ0n) is 13.7. The predicted molar refractivity (Wildman–Crippen MR) is 94.4 cm³/mol. The van der Waals surface area contributed by atoms with Crippen LogP contribution in [0.5, 0.6) is 0 Å². The van der Waals surface area contributed by atoms with Crippen LogP contribution >= 0.6 is 15.9 Å². The van der Waals surface area contributed by atoms with Gasteiger partial charge in [-0.05, 0) is 48.5 Å². The molecule has 1 aromatic rings. The number of rotatable bonds is 7. The summed E-state index contributed by atoms with van der Waals surface area (Å²) in [6.07, 6.45) is 2.68. The van der Waals surface area contributed by atoms with Crippen molar-refractivity contribution in [2.75, 3.05) is 19.6 Å². The first-order valence-electron chi connectivity index (χ1n) is 8.28. The monoisotopic (exact) mass is 352 g/mol. The van der Waals surface area contributed by atoms with Crippen LogP contribution in [0.25, 0.3) is 0 Å². The average molecular weight is 353 g/mol. The second-order valence-corrected chi connectivity index (χ2v) is 7.60. The van der Waals surface area contributed by atoms with E-state index in [1.165, 1.54) is 41.5 Å². The lowest BCUT2D eigenvalue weighted by atomic mass is 10.1. The van der Waals surface area contributed by atoms with E-state index in [0.717, 1.165) is 25.6 Å². The fourth-order valence-electron chi connectivity index (χ4n) is 2.96. The summed E-state index contributed by atoms with van der Waals surface area (Å²) >= 11 is 3.75. The Morgan fingerprint density at radius 1 is 1.38 bits per heavy atom. The summed E-state index contributed by atoms with van der Waals surface area (Å²) in [5, 5.41) is 3.50. The highest BCUT2D eigenvalue weighted by atomic mass is 79.9. The van der Waals surface area contributed by atoms with E-state index < -0.39 is 0 Å². The lowest BCUT2D eigenvalue weighted by Crippen LogP contribution is -2.21. The van der Waals surface area contributed by atoms with Crippen molar-refractivity contribution in [3.8, 4) is 0 Å². The lowest BCUT2D eigenvalue weighted by Gasteiger charge is -2.17. The molecule has 0 spiro atoms. The lowest BCUT2D eigenvalue weighted by molar-refractivity contribution is 0.314. The van der Waals surface area contributed by atoms with E-state index in [0.29, 0.717) is 5.92 Å². The van der Waals surface area contributed by atoms with Crippen LogP contribution in [0, 0.1) is 11.8 Å². The quantitative estimate of drug-likeness (QED) is 0.780. The Kier molecular flexibility index (Phi) is 6.72. The first-order chi connectivity index (χ1) is 10.1. The zero-order chi connectivity index (χ0) is 15.2. The van der Waals surface area contributed by atoms with Crippen LogP contribution in [-0.4, -0.2) is 24.5 Å². The zero-order valence-corrected chi connectivity index (χ0v) is 15.2. The van der Waals surface area contributed by atoms with Crippen molar-refractivity contribution in [1.82, 2.24) is 10.2 Å². The smallest absolute Gasteiger partial charge is 0.0245 e. The van der Waals surface area contributed by atoms with Gasteiger partial charge in [0.25, 0.3) is 0 Å². The Labute approximate surface area is 138 Å². The summed E-state index contributed by atoms with van der Waals surface area (Å²) in [6.45, 7) is 12.4. The van der Waals surface area contributed by atoms with Crippen molar-refractivity contribution >= 4 is 15.9 Å². The molecule has 1 aliphatic heterocycles. The van der Waals surface area contributed by atoms with Crippen molar-refractivity contribution in [3.63, 3.8) is 0 Å². The molecular weight excluding hydrogens is 324 g/mol. The van der Waals surface area contributed by atoms with Gasteiger partial charge in [-0.25, -0.2) is 0 Å². The molecule has 118 valence electrons. The Balaban J connectivity index is 1.87. The number of benzene rings is 1. The summed E-state index contributed by atoms with van der Waals surface area (Å²) in [6, 6.07) is 6.83. The summed E-state index contributed by atoms with van der Waals surface area (Å²) in [4.78, 5) is 2.59. The van der Waals surface area contributed by atoms with Gasteiger partial charge in [0.15, 0.2) is 0 Å². The predicted octanol–water partition coefficient (Wildman–Crippen LogP) is 4.43. The van der Waals surface area contributed by atoms with Gasteiger partial charge in [-0.15, -0.1) is 0 Å². The Hall–Kier alpha value is -0.380. The van der Waals surface area contributed by atoms with Crippen molar-refractivity contribution in [2.45, 2.75) is 46.7 Å². The molecule has 0 saturated carbocycles. The molecular formula is C18H29BrN2. The third-order valence-corrected chi connectivity index (χ3v) is 5.08. The SMILES string of the molecule is CCC1CCN(Cc2ccc(CNCC(C)C)cc2Br)C1. The maximum Gasteiger partial charge on any atom is 0.0245 e. The number of hydrogen-bond donors (Lipinski definition) is 1. The van der Waals surface area contributed by atoms with E-state index in [1.807, 2.05) is 0 Å². The maximum absolute atomic E-state index is 3.75. The highest BCUT2D eigenvalue weighted by molar-refractivity contribution is 9.10. The molecule has 1 unspecified atom stereocenters. The van der Waals surface area contributed by atoms with E-state index in [2.05, 4.69) is 65.1 Å². The van der Waals surface area contributed by atoms with E-state index in [-0.39, 0.29) is 0 Å². The largest absolute Gasteiger partial charge is 0.312 e. The van der Waals surface area contributed by atoms with Gasteiger partial charge in [0, 0.05) is 24.1 Å². The summed E-state index contributed by atoms with van der Waals surface area (Å²) < 4.78 is 1.26. The first-order valence-corrected chi connectivity index (χ1v) is 9.08. The fraction of sp³-hybridized carbons (Fsp3) is 0.667. The molecule has 1 heterocycles. The topological polar surface area (TPSA) is 15.3 Å². The molecule has 1 aliphatic rings. The average Bonchev–Trinajstić information content (AvgIpc) is 2.89. The molecule has 2 rings (SSSR count). The van der Waals surface area contributed by atoms with Gasteiger partial charge < -0.3 is 5.32 Å². The summed E-state index contributed by atoms with van der Waals surface area (Å²) in [7, 11) is 0. The standard InChI is InChI=1S/C18H29BrN2/c1-4-15-7-8-21(12-15)13-17-6-5-16(9-18(17)19)11-20-10-14(2)3/h5-6,9,14-15,20H,4,7-8,10-13H2,1-3H3. The van der Waals surface area contributed by atoms with Crippen LogP contribution in [0.1, 0.15) is 44.7 Å². The Morgan fingerprint density at radius 2 is 2.19 bits per heavy atom. The highest BCUT2D eigenvalue weighted by Crippen LogP contribution is 2.25. The Morgan fingerprint density at radius 3 is 2.81 bits per heavy atom. The minimum Gasteiger partial charge on any atom is -0.312 e. The molecule has 0 aromatic heterocycles. The van der Waals surface area contributed by atoms with Crippen molar-refractivity contribution in [2.24, 2.45) is 11.8 Å². The second kappa shape index (κ2) is 8.30. The van der Waals surface area contributed by atoms with Crippen molar-refractivity contribution in [1.29, 1.82) is 0 Å². The molecule has 0 bridgehead atoms. The van der Waals surface area contributed by atoms with Crippen LogP contribution in [0.2, 0.25) is 0 Å². The molecule has 1 N–H and O–H groups in total. The van der Waals surface area contributed by atoms with Crippen LogP contribution in [0.4, 0.5) is 0 Å². The molecule has 3 heteroatoms. The number of hydrogen-bond acceptors (Lipinski definition) is 2. The number of likely N-dealkylation sites (tertiary alicyclic amines) is 1.